The summed E-state index contributed by atoms with van der Waals surface area (Å²) in [5.74, 6) is -0.814. The van der Waals surface area contributed by atoms with E-state index in [0.717, 1.165) is 18.4 Å². The molecule has 1 fully saturated rings. The third kappa shape index (κ3) is 4.48. The van der Waals surface area contributed by atoms with Crippen molar-refractivity contribution in [3.05, 3.63) is 29.8 Å². The molecule has 1 aliphatic carbocycles. The summed E-state index contributed by atoms with van der Waals surface area (Å²) in [7, 11) is 1.83. The van der Waals surface area contributed by atoms with Crippen molar-refractivity contribution in [1.29, 1.82) is 0 Å². The lowest BCUT2D eigenvalue weighted by molar-refractivity contribution is -0.136. The fraction of sp³-hybridized carbons (Fsp3) is 0.500. The third-order valence-corrected chi connectivity index (χ3v) is 4.00. The highest BCUT2D eigenvalue weighted by atomic mass is 16.4. The van der Waals surface area contributed by atoms with Crippen LogP contribution >= 0.6 is 0 Å². The molecule has 5 nitrogen and oxygen atoms in total. The number of carbonyl (C=O) groups excluding carboxylic acids is 1. The number of aliphatic carboxylic acids is 1. The number of anilines is 1. The molecule has 0 atom stereocenters. The molecule has 0 heterocycles. The Morgan fingerprint density at radius 1 is 1.33 bits per heavy atom. The van der Waals surface area contributed by atoms with Crippen molar-refractivity contribution < 1.29 is 14.7 Å². The Bertz CT molecular complexity index is 510. The molecule has 0 radical (unpaired) electrons. The van der Waals surface area contributed by atoms with Crippen LogP contribution < -0.4 is 5.32 Å². The Hall–Kier alpha value is -2.04. The predicted molar refractivity (Wildman–Crippen MR) is 81.4 cm³/mol. The van der Waals surface area contributed by atoms with Gasteiger partial charge in [0.2, 0.25) is 0 Å². The number of carboxylic acid groups (broad SMARTS) is 1. The van der Waals surface area contributed by atoms with E-state index in [1.165, 1.54) is 12.8 Å². The van der Waals surface area contributed by atoms with Crippen molar-refractivity contribution in [2.24, 2.45) is 0 Å². The van der Waals surface area contributed by atoms with Gasteiger partial charge < -0.3 is 15.3 Å². The summed E-state index contributed by atoms with van der Waals surface area (Å²) in [5, 5.41) is 11.6. The minimum Gasteiger partial charge on any atom is -0.481 e. The zero-order valence-electron chi connectivity index (χ0n) is 12.3. The van der Waals surface area contributed by atoms with E-state index in [2.05, 4.69) is 5.32 Å². The van der Waals surface area contributed by atoms with Crippen LogP contribution in [0.3, 0.4) is 0 Å². The summed E-state index contributed by atoms with van der Waals surface area (Å²) in [6.07, 6.45) is 5.09. The number of aryl methyl sites for hydroxylation is 1. The monoisotopic (exact) mass is 290 g/mol. The van der Waals surface area contributed by atoms with Gasteiger partial charge in [-0.1, -0.05) is 25.0 Å². The lowest BCUT2D eigenvalue weighted by Crippen LogP contribution is -2.38. The van der Waals surface area contributed by atoms with Gasteiger partial charge in [-0.3, -0.25) is 4.79 Å². The highest BCUT2D eigenvalue weighted by molar-refractivity contribution is 5.89. The number of benzene rings is 1. The first kappa shape index (κ1) is 15.4. The van der Waals surface area contributed by atoms with Gasteiger partial charge in [0, 0.05) is 25.2 Å². The maximum atomic E-state index is 12.2. The summed E-state index contributed by atoms with van der Waals surface area (Å²) in [6, 6.07) is 7.60. The number of carbonyl (C=O) groups is 2. The molecular weight excluding hydrogens is 268 g/mol. The molecule has 114 valence electrons. The Labute approximate surface area is 125 Å². The van der Waals surface area contributed by atoms with E-state index in [1.807, 2.05) is 31.3 Å². The van der Waals surface area contributed by atoms with E-state index in [4.69, 9.17) is 5.11 Å². The summed E-state index contributed by atoms with van der Waals surface area (Å²) in [4.78, 5) is 24.6. The summed E-state index contributed by atoms with van der Waals surface area (Å²) in [5.41, 5.74) is 1.63. The molecule has 0 saturated heterocycles. The van der Waals surface area contributed by atoms with Crippen LogP contribution in [0, 0.1) is 0 Å². The lowest BCUT2D eigenvalue weighted by atomic mass is 10.1. The van der Waals surface area contributed by atoms with Crippen molar-refractivity contribution in [2.45, 2.75) is 44.6 Å². The van der Waals surface area contributed by atoms with Gasteiger partial charge in [-0.25, -0.2) is 4.79 Å². The molecule has 0 unspecified atom stereocenters. The van der Waals surface area contributed by atoms with Crippen LogP contribution in [-0.4, -0.2) is 35.1 Å². The molecule has 2 amide bonds. The van der Waals surface area contributed by atoms with Gasteiger partial charge in [0.05, 0.1) is 0 Å². The Morgan fingerprint density at radius 2 is 2.05 bits per heavy atom. The second kappa shape index (κ2) is 7.11. The number of amides is 2. The quantitative estimate of drug-likeness (QED) is 0.875. The Balaban J connectivity index is 1.93. The molecule has 5 heteroatoms. The molecule has 1 saturated carbocycles. The van der Waals surface area contributed by atoms with Crippen molar-refractivity contribution in [3.63, 3.8) is 0 Å². The zero-order valence-corrected chi connectivity index (χ0v) is 12.3. The van der Waals surface area contributed by atoms with Crippen molar-refractivity contribution >= 4 is 17.7 Å². The first-order valence-corrected chi connectivity index (χ1v) is 7.41. The first-order valence-electron chi connectivity index (χ1n) is 7.41. The second-order valence-corrected chi connectivity index (χ2v) is 5.57. The fourth-order valence-electron chi connectivity index (χ4n) is 2.72. The Morgan fingerprint density at radius 3 is 2.71 bits per heavy atom. The van der Waals surface area contributed by atoms with Crippen LogP contribution in [0.2, 0.25) is 0 Å². The summed E-state index contributed by atoms with van der Waals surface area (Å²) < 4.78 is 0. The zero-order chi connectivity index (χ0) is 15.2. The number of hydrogen-bond acceptors (Lipinski definition) is 2. The second-order valence-electron chi connectivity index (χ2n) is 5.57. The van der Waals surface area contributed by atoms with E-state index in [-0.39, 0.29) is 12.5 Å². The first-order chi connectivity index (χ1) is 10.1. The smallest absolute Gasteiger partial charge is 0.321 e. The standard InChI is InChI=1S/C16H22N2O3/c1-18(14-7-2-3-8-14)16(21)17-13-6-4-5-12(11-13)9-10-15(19)20/h4-6,11,14H,2-3,7-10H2,1H3,(H,17,21)(H,19,20). The lowest BCUT2D eigenvalue weighted by Gasteiger charge is -2.24. The van der Waals surface area contributed by atoms with E-state index >= 15 is 0 Å². The molecule has 1 aliphatic rings. The predicted octanol–water partition coefficient (Wildman–Crippen LogP) is 3.11. The number of urea groups is 1. The number of nitrogens with one attached hydrogen (secondary N) is 1. The SMILES string of the molecule is CN(C(=O)Nc1cccc(CCC(=O)O)c1)C1CCCC1. The average molecular weight is 290 g/mol. The molecule has 0 bridgehead atoms. The maximum Gasteiger partial charge on any atom is 0.321 e. The largest absolute Gasteiger partial charge is 0.481 e. The van der Waals surface area contributed by atoms with E-state index in [9.17, 15) is 9.59 Å². The number of carboxylic acids is 1. The van der Waals surface area contributed by atoms with E-state index in [1.54, 1.807) is 4.90 Å². The van der Waals surface area contributed by atoms with Crippen molar-refractivity contribution in [2.75, 3.05) is 12.4 Å². The minimum atomic E-state index is -0.814. The highest BCUT2D eigenvalue weighted by Gasteiger charge is 2.23. The fourth-order valence-corrected chi connectivity index (χ4v) is 2.72. The van der Waals surface area contributed by atoms with Crippen LogP contribution in [0.15, 0.2) is 24.3 Å². The van der Waals surface area contributed by atoms with Crippen LogP contribution in [0.1, 0.15) is 37.7 Å². The van der Waals surface area contributed by atoms with Gasteiger partial charge >= 0.3 is 12.0 Å². The molecule has 0 aliphatic heterocycles. The van der Waals surface area contributed by atoms with Gasteiger partial charge in [0.1, 0.15) is 0 Å². The maximum absolute atomic E-state index is 12.2. The number of nitrogens with zero attached hydrogens (tertiary/aromatic N) is 1. The van der Waals surface area contributed by atoms with Crippen LogP contribution in [-0.2, 0) is 11.2 Å². The van der Waals surface area contributed by atoms with Gasteiger partial charge in [0.25, 0.3) is 0 Å². The Kier molecular flexibility index (Phi) is 5.20. The molecule has 1 aromatic rings. The molecule has 0 spiro atoms. The normalized spacial score (nSPS) is 14.9. The summed E-state index contributed by atoms with van der Waals surface area (Å²) in [6.45, 7) is 0. The summed E-state index contributed by atoms with van der Waals surface area (Å²) >= 11 is 0. The van der Waals surface area contributed by atoms with E-state index < -0.39 is 5.97 Å². The number of rotatable bonds is 5. The average Bonchev–Trinajstić information content (AvgIpc) is 2.98. The molecule has 0 aromatic heterocycles. The van der Waals surface area contributed by atoms with Crippen LogP contribution in [0.25, 0.3) is 0 Å². The molecule has 1 aromatic carbocycles. The van der Waals surface area contributed by atoms with Gasteiger partial charge in [-0.15, -0.1) is 0 Å². The van der Waals surface area contributed by atoms with Gasteiger partial charge in [0.15, 0.2) is 0 Å². The van der Waals surface area contributed by atoms with Crippen LogP contribution in [0.4, 0.5) is 10.5 Å². The third-order valence-electron chi connectivity index (χ3n) is 4.00. The van der Waals surface area contributed by atoms with E-state index in [0.29, 0.717) is 18.2 Å². The van der Waals surface area contributed by atoms with Gasteiger partial charge in [-0.05, 0) is 37.0 Å². The van der Waals surface area contributed by atoms with Crippen molar-refractivity contribution in [3.8, 4) is 0 Å². The molecule has 21 heavy (non-hydrogen) atoms. The topological polar surface area (TPSA) is 69.6 Å². The molecule has 2 rings (SSSR count). The van der Waals surface area contributed by atoms with Crippen LogP contribution in [0.5, 0.6) is 0 Å². The van der Waals surface area contributed by atoms with Gasteiger partial charge in [-0.2, -0.15) is 0 Å². The van der Waals surface area contributed by atoms with Crippen molar-refractivity contribution in [1.82, 2.24) is 4.90 Å². The number of hydrogen-bond donors (Lipinski definition) is 2. The highest BCUT2D eigenvalue weighted by Crippen LogP contribution is 2.23. The minimum absolute atomic E-state index is 0.0966. The molecular formula is C16H22N2O3. The molecule has 2 N–H and O–H groups in total.